The summed E-state index contributed by atoms with van der Waals surface area (Å²) in [5.74, 6) is 2.09. The molecule has 0 saturated carbocycles. The quantitative estimate of drug-likeness (QED) is 0.724. The summed E-state index contributed by atoms with van der Waals surface area (Å²) in [6.07, 6.45) is 1.55. The van der Waals surface area contributed by atoms with Gasteiger partial charge in [-0.25, -0.2) is 0 Å². The normalized spacial score (nSPS) is 10.8. The van der Waals surface area contributed by atoms with Crippen molar-refractivity contribution < 1.29 is 9.26 Å². The molecule has 0 amide bonds. The number of ether oxygens (including phenoxy) is 1. The topological polar surface area (TPSA) is 60.2 Å². The first kappa shape index (κ1) is 16.2. The van der Waals surface area contributed by atoms with Gasteiger partial charge < -0.3 is 14.6 Å². The lowest BCUT2D eigenvalue weighted by Crippen LogP contribution is -2.10. The Morgan fingerprint density at radius 1 is 1.08 bits per heavy atom. The molecule has 2 aromatic carbocycles. The smallest absolute Gasteiger partial charge is 0.258 e. The third kappa shape index (κ3) is 3.81. The highest BCUT2D eigenvalue weighted by molar-refractivity contribution is 5.58. The molecule has 5 heteroatoms. The average molecular weight is 323 g/mol. The van der Waals surface area contributed by atoms with Gasteiger partial charge in [0, 0.05) is 12.0 Å². The van der Waals surface area contributed by atoms with Crippen LogP contribution in [0.1, 0.15) is 17.0 Å². The fraction of sp³-hybridized carbons (Fsp3) is 0.263. The number of nitrogens with one attached hydrogen (secondary N) is 1. The SMILES string of the molecule is CNCCc1ccccc1-c1nc(Cc2ccc(OC)cc2)no1. The van der Waals surface area contributed by atoms with Crippen LogP contribution in [0, 0.1) is 0 Å². The van der Waals surface area contributed by atoms with Crippen LogP contribution in [0.15, 0.2) is 53.1 Å². The highest BCUT2D eigenvalue weighted by Crippen LogP contribution is 2.23. The fourth-order valence-electron chi connectivity index (χ4n) is 2.57. The number of hydrogen-bond acceptors (Lipinski definition) is 5. The van der Waals surface area contributed by atoms with Crippen molar-refractivity contribution in [1.82, 2.24) is 15.5 Å². The van der Waals surface area contributed by atoms with Crippen LogP contribution in [-0.4, -0.2) is 30.8 Å². The van der Waals surface area contributed by atoms with Gasteiger partial charge >= 0.3 is 0 Å². The van der Waals surface area contributed by atoms with Crippen molar-refractivity contribution in [2.45, 2.75) is 12.8 Å². The second kappa shape index (κ2) is 7.75. The van der Waals surface area contributed by atoms with Crippen molar-refractivity contribution in [2.75, 3.05) is 20.7 Å². The summed E-state index contributed by atoms with van der Waals surface area (Å²) in [4.78, 5) is 4.56. The molecule has 0 aliphatic heterocycles. The van der Waals surface area contributed by atoms with E-state index < -0.39 is 0 Å². The Kier molecular flexibility index (Phi) is 5.23. The van der Waals surface area contributed by atoms with Gasteiger partial charge in [0.05, 0.1) is 7.11 Å². The molecule has 3 aromatic rings. The minimum absolute atomic E-state index is 0.574. The van der Waals surface area contributed by atoms with Crippen molar-refractivity contribution in [2.24, 2.45) is 0 Å². The maximum atomic E-state index is 5.48. The molecule has 0 aliphatic carbocycles. The van der Waals surface area contributed by atoms with Gasteiger partial charge in [0.15, 0.2) is 5.82 Å². The Labute approximate surface area is 141 Å². The van der Waals surface area contributed by atoms with Crippen LogP contribution >= 0.6 is 0 Å². The van der Waals surface area contributed by atoms with Crippen molar-refractivity contribution in [1.29, 1.82) is 0 Å². The predicted octanol–water partition coefficient (Wildman–Crippen LogP) is 3.10. The second-order valence-electron chi connectivity index (χ2n) is 5.55. The standard InChI is InChI=1S/C19H21N3O2/c1-20-12-11-15-5-3-4-6-17(15)19-21-18(22-24-19)13-14-7-9-16(23-2)10-8-14/h3-10,20H,11-13H2,1-2H3. The number of benzene rings is 2. The van der Waals surface area contributed by atoms with Crippen LogP contribution < -0.4 is 10.1 Å². The van der Waals surface area contributed by atoms with Gasteiger partial charge in [0.1, 0.15) is 5.75 Å². The lowest BCUT2D eigenvalue weighted by Gasteiger charge is -2.05. The summed E-state index contributed by atoms with van der Waals surface area (Å²) in [5.41, 5.74) is 3.32. The van der Waals surface area contributed by atoms with Gasteiger partial charge in [0.2, 0.25) is 0 Å². The molecule has 0 radical (unpaired) electrons. The monoisotopic (exact) mass is 323 g/mol. The lowest BCUT2D eigenvalue weighted by molar-refractivity contribution is 0.414. The average Bonchev–Trinajstić information content (AvgIpc) is 3.09. The first-order chi connectivity index (χ1) is 11.8. The van der Waals surface area contributed by atoms with E-state index in [2.05, 4.69) is 21.5 Å². The number of methoxy groups -OCH3 is 1. The summed E-state index contributed by atoms with van der Waals surface area (Å²) >= 11 is 0. The van der Waals surface area contributed by atoms with E-state index in [-0.39, 0.29) is 0 Å². The first-order valence-electron chi connectivity index (χ1n) is 7.98. The van der Waals surface area contributed by atoms with E-state index >= 15 is 0 Å². The number of likely N-dealkylation sites (N-methyl/N-ethyl adjacent to an activating group) is 1. The molecule has 1 N–H and O–H groups in total. The number of aromatic nitrogens is 2. The molecule has 0 fully saturated rings. The zero-order chi connectivity index (χ0) is 16.8. The third-order valence-corrected chi connectivity index (χ3v) is 3.88. The van der Waals surface area contributed by atoms with Crippen LogP contribution in [0.2, 0.25) is 0 Å². The lowest BCUT2D eigenvalue weighted by atomic mass is 10.0. The molecule has 0 unspecified atom stereocenters. The molecule has 0 atom stereocenters. The van der Waals surface area contributed by atoms with E-state index in [1.54, 1.807) is 7.11 Å². The second-order valence-corrected chi connectivity index (χ2v) is 5.55. The van der Waals surface area contributed by atoms with Gasteiger partial charge in [-0.1, -0.05) is 35.5 Å². The Balaban J connectivity index is 1.77. The molecule has 24 heavy (non-hydrogen) atoms. The minimum Gasteiger partial charge on any atom is -0.497 e. The van der Waals surface area contributed by atoms with Crippen molar-refractivity contribution in [3.63, 3.8) is 0 Å². The van der Waals surface area contributed by atoms with E-state index in [9.17, 15) is 0 Å². The largest absolute Gasteiger partial charge is 0.497 e. The van der Waals surface area contributed by atoms with Crippen molar-refractivity contribution >= 4 is 0 Å². The molecule has 5 nitrogen and oxygen atoms in total. The Morgan fingerprint density at radius 2 is 1.88 bits per heavy atom. The molecular weight excluding hydrogens is 302 g/mol. The van der Waals surface area contributed by atoms with E-state index in [1.165, 1.54) is 5.56 Å². The Morgan fingerprint density at radius 3 is 2.62 bits per heavy atom. The summed E-state index contributed by atoms with van der Waals surface area (Å²) in [7, 11) is 3.61. The summed E-state index contributed by atoms with van der Waals surface area (Å²) in [5, 5.41) is 7.28. The molecule has 124 valence electrons. The van der Waals surface area contributed by atoms with Crippen LogP contribution in [-0.2, 0) is 12.8 Å². The molecule has 0 saturated heterocycles. The zero-order valence-electron chi connectivity index (χ0n) is 14.0. The fourth-order valence-corrected chi connectivity index (χ4v) is 2.57. The molecule has 0 spiro atoms. The van der Waals surface area contributed by atoms with Gasteiger partial charge in [-0.15, -0.1) is 0 Å². The Hall–Kier alpha value is -2.66. The van der Waals surface area contributed by atoms with Gasteiger partial charge in [-0.3, -0.25) is 0 Å². The zero-order valence-corrected chi connectivity index (χ0v) is 14.0. The van der Waals surface area contributed by atoms with Crippen LogP contribution in [0.5, 0.6) is 5.75 Å². The van der Waals surface area contributed by atoms with Gasteiger partial charge in [-0.05, 0) is 49.3 Å². The van der Waals surface area contributed by atoms with Crippen molar-refractivity contribution in [3.05, 3.63) is 65.5 Å². The summed E-state index contributed by atoms with van der Waals surface area (Å²) < 4.78 is 10.7. The molecular formula is C19H21N3O2. The number of nitrogens with zero attached hydrogens (tertiary/aromatic N) is 2. The molecule has 0 aliphatic rings. The molecule has 1 aromatic heterocycles. The van der Waals surface area contributed by atoms with E-state index in [1.807, 2.05) is 49.5 Å². The predicted molar refractivity (Wildman–Crippen MR) is 93.2 cm³/mol. The first-order valence-corrected chi connectivity index (χ1v) is 7.98. The highest BCUT2D eigenvalue weighted by Gasteiger charge is 2.12. The maximum absolute atomic E-state index is 5.48. The third-order valence-electron chi connectivity index (χ3n) is 3.88. The van der Waals surface area contributed by atoms with Gasteiger partial charge in [0.25, 0.3) is 5.89 Å². The van der Waals surface area contributed by atoms with Crippen LogP contribution in [0.3, 0.4) is 0 Å². The number of rotatable bonds is 7. The van der Waals surface area contributed by atoms with Crippen LogP contribution in [0.4, 0.5) is 0 Å². The maximum Gasteiger partial charge on any atom is 0.258 e. The minimum atomic E-state index is 0.574. The molecule has 3 rings (SSSR count). The number of hydrogen-bond donors (Lipinski definition) is 1. The van der Waals surface area contributed by atoms with E-state index in [0.29, 0.717) is 18.1 Å². The van der Waals surface area contributed by atoms with Gasteiger partial charge in [-0.2, -0.15) is 4.98 Å². The summed E-state index contributed by atoms with van der Waals surface area (Å²) in [6, 6.07) is 16.0. The van der Waals surface area contributed by atoms with Crippen molar-refractivity contribution in [3.8, 4) is 17.2 Å². The molecule has 1 heterocycles. The van der Waals surface area contributed by atoms with E-state index in [4.69, 9.17) is 9.26 Å². The van der Waals surface area contributed by atoms with Crippen LogP contribution in [0.25, 0.3) is 11.5 Å². The Bertz CT molecular complexity index is 781. The summed E-state index contributed by atoms with van der Waals surface area (Å²) in [6.45, 7) is 0.907. The highest BCUT2D eigenvalue weighted by atomic mass is 16.5. The van der Waals surface area contributed by atoms with E-state index in [0.717, 1.165) is 29.8 Å². The molecule has 0 bridgehead atoms.